The minimum absolute atomic E-state index is 0.275. The molecule has 2 saturated heterocycles. The van der Waals surface area contributed by atoms with Crippen molar-refractivity contribution in [1.29, 1.82) is 0 Å². The van der Waals surface area contributed by atoms with Crippen molar-refractivity contribution < 1.29 is 4.74 Å². The van der Waals surface area contributed by atoms with Gasteiger partial charge in [-0.15, -0.1) is 0 Å². The van der Waals surface area contributed by atoms with E-state index in [-0.39, 0.29) is 6.10 Å². The number of piperidine rings is 1. The summed E-state index contributed by atoms with van der Waals surface area (Å²) < 4.78 is 5.62. The zero-order valence-corrected chi connectivity index (χ0v) is 12.7. The van der Waals surface area contributed by atoms with Crippen LogP contribution in [0.3, 0.4) is 0 Å². The number of rotatable bonds is 4. The smallest absolute Gasteiger partial charge is 0.157 e. The molecule has 6 nitrogen and oxygen atoms in total. The minimum atomic E-state index is 0.275. The fourth-order valence-electron chi connectivity index (χ4n) is 3.18. The summed E-state index contributed by atoms with van der Waals surface area (Å²) in [5, 5.41) is 3.32. The molecule has 6 heteroatoms. The lowest BCUT2D eigenvalue weighted by atomic mass is 10.0. The largest absolute Gasteiger partial charge is 0.393 e. The lowest BCUT2D eigenvalue weighted by Crippen LogP contribution is -2.38. The Hall–Kier alpha value is -1.56. The van der Waals surface area contributed by atoms with E-state index in [0.717, 1.165) is 44.2 Å². The number of hydrogen-bond acceptors (Lipinski definition) is 6. The lowest BCUT2D eigenvalue weighted by Gasteiger charge is -2.35. The fourth-order valence-corrected chi connectivity index (χ4v) is 3.18. The van der Waals surface area contributed by atoms with Gasteiger partial charge in [0.05, 0.1) is 6.10 Å². The number of nitrogens with two attached hydrogens (primary N) is 1. The van der Waals surface area contributed by atoms with Gasteiger partial charge in [0.1, 0.15) is 12.0 Å². The number of nitrogen functional groups attached to an aromatic ring is 1. The van der Waals surface area contributed by atoms with E-state index in [0.29, 0.717) is 11.7 Å². The second-order valence-corrected chi connectivity index (χ2v) is 6.01. The van der Waals surface area contributed by atoms with Crippen LogP contribution >= 0.6 is 0 Å². The Bertz CT molecular complexity index is 475. The quantitative estimate of drug-likeness (QED) is 0.884. The zero-order valence-electron chi connectivity index (χ0n) is 12.7. The zero-order chi connectivity index (χ0) is 14.7. The SMILES string of the molecule is CC1CCCCN1c1ncnc(NCC2CCCO2)c1N. The van der Waals surface area contributed by atoms with Gasteiger partial charge in [-0.25, -0.2) is 9.97 Å². The Morgan fingerprint density at radius 1 is 1.33 bits per heavy atom. The molecule has 21 heavy (non-hydrogen) atoms. The molecule has 1 aromatic rings. The van der Waals surface area contributed by atoms with Crippen molar-refractivity contribution in [3.8, 4) is 0 Å². The molecule has 2 aliphatic rings. The summed E-state index contributed by atoms with van der Waals surface area (Å²) in [7, 11) is 0. The summed E-state index contributed by atoms with van der Waals surface area (Å²) in [6.45, 7) is 4.88. The molecule has 116 valence electrons. The first-order chi connectivity index (χ1) is 10.3. The van der Waals surface area contributed by atoms with E-state index in [2.05, 4.69) is 27.1 Å². The molecule has 3 heterocycles. The second-order valence-electron chi connectivity index (χ2n) is 6.01. The normalized spacial score (nSPS) is 26.0. The van der Waals surface area contributed by atoms with Crippen molar-refractivity contribution in [2.45, 2.75) is 51.2 Å². The van der Waals surface area contributed by atoms with E-state index in [9.17, 15) is 0 Å². The molecular formula is C15H25N5O. The van der Waals surface area contributed by atoms with Gasteiger partial charge in [0.15, 0.2) is 11.6 Å². The van der Waals surface area contributed by atoms with Gasteiger partial charge in [-0.1, -0.05) is 0 Å². The Morgan fingerprint density at radius 2 is 2.24 bits per heavy atom. The Kier molecular flexibility index (Phi) is 4.43. The van der Waals surface area contributed by atoms with Crippen molar-refractivity contribution >= 4 is 17.3 Å². The van der Waals surface area contributed by atoms with Crippen molar-refractivity contribution in [3.05, 3.63) is 6.33 Å². The van der Waals surface area contributed by atoms with Crippen molar-refractivity contribution in [3.63, 3.8) is 0 Å². The molecular weight excluding hydrogens is 266 g/mol. The first-order valence-corrected chi connectivity index (χ1v) is 7.98. The molecule has 2 unspecified atom stereocenters. The van der Waals surface area contributed by atoms with Gasteiger partial charge in [-0.05, 0) is 39.0 Å². The minimum Gasteiger partial charge on any atom is -0.393 e. The van der Waals surface area contributed by atoms with E-state index in [4.69, 9.17) is 10.5 Å². The third kappa shape index (κ3) is 3.20. The summed E-state index contributed by atoms with van der Waals surface area (Å²) in [5.41, 5.74) is 6.95. The highest BCUT2D eigenvalue weighted by atomic mass is 16.5. The van der Waals surface area contributed by atoms with E-state index < -0.39 is 0 Å². The van der Waals surface area contributed by atoms with Crippen molar-refractivity contribution in [2.75, 3.05) is 35.6 Å². The third-order valence-corrected chi connectivity index (χ3v) is 4.46. The van der Waals surface area contributed by atoms with E-state index in [1.165, 1.54) is 19.3 Å². The summed E-state index contributed by atoms with van der Waals surface area (Å²) in [5.74, 6) is 1.60. The number of nitrogens with zero attached hydrogens (tertiary/aromatic N) is 3. The molecule has 0 aliphatic carbocycles. The molecule has 0 amide bonds. The monoisotopic (exact) mass is 291 g/mol. The molecule has 3 rings (SSSR count). The summed E-state index contributed by atoms with van der Waals surface area (Å²) in [6, 6.07) is 0.488. The van der Waals surface area contributed by atoms with Gasteiger partial charge in [0.25, 0.3) is 0 Å². The van der Waals surface area contributed by atoms with Crippen LogP contribution in [-0.4, -0.2) is 41.8 Å². The van der Waals surface area contributed by atoms with Crippen LogP contribution in [0.5, 0.6) is 0 Å². The van der Waals surface area contributed by atoms with Gasteiger partial charge >= 0.3 is 0 Å². The first-order valence-electron chi connectivity index (χ1n) is 7.98. The molecule has 2 fully saturated rings. The van der Waals surface area contributed by atoms with Gasteiger partial charge in [-0.3, -0.25) is 0 Å². The number of nitrogens with one attached hydrogen (secondary N) is 1. The predicted molar refractivity (Wildman–Crippen MR) is 84.6 cm³/mol. The maximum Gasteiger partial charge on any atom is 0.157 e. The number of anilines is 3. The maximum absolute atomic E-state index is 6.29. The molecule has 0 spiro atoms. The van der Waals surface area contributed by atoms with Crippen LogP contribution in [-0.2, 0) is 4.74 Å². The topological polar surface area (TPSA) is 76.3 Å². The molecule has 2 atom stereocenters. The maximum atomic E-state index is 6.29. The summed E-state index contributed by atoms with van der Waals surface area (Å²) >= 11 is 0. The summed E-state index contributed by atoms with van der Waals surface area (Å²) in [4.78, 5) is 11.0. The van der Waals surface area contributed by atoms with Crippen LogP contribution in [0, 0.1) is 0 Å². The lowest BCUT2D eigenvalue weighted by molar-refractivity contribution is 0.120. The molecule has 0 radical (unpaired) electrons. The average molecular weight is 291 g/mol. The fraction of sp³-hybridized carbons (Fsp3) is 0.733. The Labute approximate surface area is 126 Å². The van der Waals surface area contributed by atoms with Gasteiger partial charge < -0.3 is 20.7 Å². The highest BCUT2D eigenvalue weighted by Gasteiger charge is 2.23. The third-order valence-electron chi connectivity index (χ3n) is 4.46. The Balaban J connectivity index is 1.71. The van der Waals surface area contributed by atoms with Crippen LogP contribution in [0.4, 0.5) is 17.3 Å². The molecule has 0 saturated carbocycles. The van der Waals surface area contributed by atoms with E-state index in [1.807, 2.05) is 0 Å². The van der Waals surface area contributed by atoms with Crippen LogP contribution in [0.15, 0.2) is 6.33 Å². The number of ether oxygens (including phenoxy) is 1. The van der Waals surface area contributed by atoms with Gasteiger partial charge in [0.2, 0.25) is 0 Å². The summed E-state index contributed by atoms with van der Waals surface area (Å²) in [6.07, 6.45) is 7.80. The van der Waals surface area contributed by atoms with Crippen LogP contribution < -0.4 is 16.0 Å². The van der Waals surface area contributed by atoms with Crippen LogP contribution in [0.2, 0.25) is 0 Å². The van der Waals surface area contributed by atoms with E-state index in [1.54, 1.807) is 6.33 Å². The number of hydrogen-bond donors (Lipinski definition) is 2. The molecule has 2 aliphatic heterocycles. The van der Waals surface area contributed by atoms with Gasteiger partial charge in [0, 0.05) is 25.7 Å². The van der Waals surface area contributed by atoms with Crippen LogP contribution in [0.25, 0.3) is 0 Å². The van der Waals surface area contributed by atoms with E-state index >= 15 is 0 Å². The highest BCUT2D eigenvalue weighted by molar-refractivity contribution is 5.75. The molecule has 0 bridgehead atoms. The van der Waals surface area contributed by atoms with Crippen molar-refractivity contribution in [2.24, 2.45) is 0 Å². The second kappa shape index (κ2) is 6.47. The Morgan fingerprint density at radius 3 is 3.00 bits per heavy atom. The number of aromatic nitrogens is 2. The molecule has 1 aromatic heterocycles. The van der Waals surface area contributed by atoms with Crippen LogP contribution in [0.1, 0.15) is 39.0 Å². The highest BCUT2D eigenvalue weighted by Crippen LogP contribution is 2.31. The van der Waals surface area contributed by atoms with Gasteiger partial charge in [-0.2, -0.15) is 0 Å². The predicted octanol–water partition coefficient (Wildman–Crippen LogP) is 2.03. The standard InChI is InChI=1S/C15H25N5O/c1-11-5-2-3-7-20(11)15-13(16)14(18-10-19-15)17-9-12-6-4-8-21-12/h10-12H,2-9,16H2,1H3,(H,17,18,19). The molecule has 0 aromatic carbocycles. The first kappa shape index (κ1) is 14.4. The van der Waals surface area contributed by atoms with Crippen molar-refractivity contribution in [1.82, 2.24) is 9.97 Å². The average Bonchev–Trinajstić information content (AvgIpc) is 3.00. The molecule has 3 N–H and O–H groups in total.